The molecular formula is C7H10N2O2S. The second-order valence-electron chi connectivity index (χ2n) is 2.61. The Morgan fingerprint density at radius 3 is 2.75 bits per heavy atom. The molecule has 1 unspecified atom stereocenters. The first-order valence-corrected chi connectivity index (χ1v) is 4.28. The molecule has 0 amide bonds. The van der Waals surface area contributed by atoms with Crippen LogP contribution in [-0.2, 0) is 4.79 Å². The van der Waals surface area contributed by atoms with E-state index in [2.05, 4.69) is 4.98 Å². The van der Waals surface area contributed by atoms with Gasteiger partial charge in [-0.05, 0) is 14.1 Å². The third-order valence-corrected chi connectivity index (χ3v) is 2.30. The van der Waals surface area contributed by atoms with Gasteiger partial charge in [0.1, 0.15) is 6.04 Å². The van der Waals surface area contributed by atoms with E-state index in [1.807, 2.05) is 0 Å². The number of carbonyl (C=O) groups is 1. The van der Waals surface area contributed by atoms with Crippen LogP contribution in [0, 0.1) is 0 Å². The van der Waals surface area contributed by atoms with Crippen molar-refractivity contribution in [3.63, 3.8) is 0 Å². The van der Waals surface area contributed by atoms with E-state index in [1.165, 1.54) is 11.3 Å². The summed E-state index contributed by atoms with van der Waals surface area (Å²) in [5, 5.41) is 8.85. The second-order valence-corrected chi connectivity index (χ2v) is 3.53. The molecule has 1 heterocycles. The van der Waals surface area contributed by atoms with Crippen LogP contribution in [0.15, 0.2) is 11.7 Å². The summed E-state index contributed by atoms with van der Waals surface area (Å²) >= 11 is 1.35. The third kappa shape index (κ3) is 1.80. The quantitative estimate of drug-likeness (QED) is 0.759. The Labute approximate surface area is 74.5 Å². The lowest BCUT2D eigenvalue weighted by Gasteiger charge is -2.17. The largest absolute Gasteiger partial charge is 0.480 e. The van der Waals surface area contributed by atoms with Crippen LogP contribution < -0.4 is 0 Å². The normalized spacial score (nSPS) is 13.2. The maximum Gasteiger partial charge on any atom is 0.326 e. The number of aliphatic carboxylic acids is 1. The second kappa shape index (κ2) is 3.64. The first-order valence-electron chi connectivity index (χ1n) is 3.40. The van der Waals surface area contributed by atoms with E-state index in [0.29, 0.717) is 0 Å². The van der Waals surface area contributed by atoms with Crippen LogP contribution in [0.3, 0.4) is 0 Å². The number of carboxylic acids is 1. The van der Waals surface area contributed by atoms with Gasteiger partial charge in [0.05, 0.1) is 10.4 Å². The Morgan fingerprint density at radius 1 is 1.75 bits per heavy atom. The molecule has 0 saturated carbocycles. The molecule has 1 aromatic rings. The van der Waals surface area contributed by atoms with E-state index in [-0.39, 0.29) is 0 Å². The highest BCUT2D eigenvalue weighted by molar-refractivity contribution is 7.09. The van der Waals surface area contributed by atoms with Gasteiger partial charge in [-0.1, -0.05) is 0 Å². The molecule has 0 fully saturated rings. The van der Waals surface area contributed by atoms with Crippen LogP contribution >= 0.6 is 11.3 Å². The molecule has 12 heavy (non-hydrogen) atoms. The summed E-state index contributed by atoms with van der Waals surface area (Å²) in [5.41, 5.74) is 1.63. The first kappa shape index (κ1) is 9.15. The van der Waals surface area contributed by atoms with Gasteiger partial charge in [-0.3, -0.25) is 14.7 Å². The van der Waals surface area contributed by atoms with Gasteiger partial charge in [0.25, 0.3) is 0 Å². The summed E-state index contributed by atoms with van der Waals surface area (Å²) < 4.78 is 0. The minimum Gasteiger partial charge on any atom is -0.480 e. The molecule has 1 N–H and O–H groups in total. The van der Waals surface area contributed by atoms with E-state index < -0.39 is 12.0 Å². The summed E-state index contributed by atoms with van der Waals surface area (Å²) in [5.74, 6) is -0.843. The number of thiazole rings is 1. The Kier molecular flexibility index (Phi) is 2.78. The fourth-order valence-corrected chi connectivity index (χ4v) is 1.76. The average Bonchev–Trinajstić information content (AvgIpc) is 2.37. The molecule has 0 aromatic carbocycles. The van der Waals surface area contributed by atoms with Crippen LogP contribution in [0.1, 0.15) is 10.9 Å². The lowest BCUT2D eigenvalue weighted by Crippen LogP contribution is -2.26. The molecule has 1 aromatic heterocycles. The minimum atomic E-state index is -0.843. The van der Waals surface area contributed by atoms with Gasteiger partial charge in [-0.2, -0.15) is 0 Å². The molecule has 0 saturated heterocycles. The Hall–Kier alpha value is -0.940. The maximum atomic E-state index is 10.8. The molecule has 0 radical (unpaired) electrons. The SMILES string of the molecule is CN(C)C(C(=O)O)c1cncs1. The molecule has 1 rings (SSSR count). The molecule has 1 atom stereocenters. The van der Waals surface area contributed by atoms with Crippen molar-refractivity contribution in [3.8, 4) is 0 Å². The lowest BCUT2D eigenvalue weighted by molar-refractivity contribution is -0.142. The molecule has 66 valence electrons. The first-order chi connectivity index (χ1) is 5.63. The average molecular weight is 186 g/mol. The van der Waals surface area contributed by atoms with Gasteiger partial charge in [-0.25, -0.2) is 0 Å². The molecule has 0 spiro atoms. The number of likely N-dealkylation sites (N-methyl/N-ethyl adjacent to an activating group) is 1. The zero-order valence-electron chi connectivity index (χ0n) is 6.89. The fourth-order valence-electron chi connectivity index (χ4n) is 0.958. The summed E-state index contributed by atoms with van der Waals surface area (Å²) in [6, 6.07) is -0.572. The van der Waals surface area contributed by atoms with Gasteiger partial charge >= 0.3 is 5.97 Å². The fraction of sp³-hybridized carbons (Fsp3) is 0.429. The van der Waals surface area contributed by atoms with Crippen molar-refractivity contribution in [1.82, 2.24) is 9.88 Å². The Balaban J connectivity index is 2.88. The van der Waals surface area contributed by atoms with Crippen molar-refractivity contribution in [2.24, 2.45) is 0 Å². The molecule has 4 nitrogen and oxygen atoms in total. The number of hydrogen-bond acceptors (Lipinski definition) is 4. The van der Waals surface area contributed by atoms with E-state index in [4.69, 9.17) is 5.11 Å². The monoisotopic (exact) mass is 186 g/mol. The van der Waals surface area contributed by atoms with Crippen LogP contribution in [-0.4, -0.2) is 35.1 Å². The predicted octanol–water partition coefficient (Wildman–Crippen LogP) is 0.830. The molecule has 0 aliphatic heterocycles. The Bertz CT molecular complexity index is 258. The number of rotatable bonds is 3. The molecule has 5 heteroatoms. The highest BCUT2D eigenvalue weighted by Gasteiger charge is 2.23. The van der Waals surface area contributed by atoms with Crippen molar-refractivity contribution in [1.29, 1.82) is 0 Å². The maximum absolute atomic E-state index is 10.8. The summed E-state index contributed by atoms with van der Waals surface area (Å²) in [4.78, 5) is 17.0. The highest BCUT2D eigenvalue weighted by atomic mass is 32.1. The van der Waals surface area contributed by atoms with Gasteiger partial charge in [0.2, 0.25) is 0 Å². The number of hydrogen-bond donors (Lipinski definition) is 1. The Morgan fingerprint density at radius 2 is 2.42 bits per heavy atom. The van der Waals surface area contributed by atoms with Gasteiger partial charge < -0.3 is 5.11 Å². The topological polar surface area (TPSA) is 53.4 Å². The van der Waals surface area contributed by atoms with Crippen LogP contribution in [0.2, 0.25) is 0 Å². The van der Waals surface area contributed by atoms with Gasteiger partial charge in [0.15, 0.2) is 0 Å². The smallest absolute Gasteiger partial charge is 0.326 e. The summed E-state index contributed by atoms with van der Waals surface area (Å²) in [6.45, 7) is 0. The van der Waals surface area contributed by atoms with E-state index >= 15 is 0 Å². The third-order valence-electron chi connectivity index (χ3n) is 1.47. The minimum absolute atomic E-state index is 0.572. The zero-order valence-corrected chi connectivity index (χ0v) is 7.71. The molecular weight excluding hydrogens is 176 g/mol. The van der Waals surface area contributed by atoms with Crippen molar-refractivity contribution >= 4 is 17.3 Å². The standard InChI is InChI=1S/C7H10N2O2S/c1-9(2)6(7(10)11)5-3-8-4-12-5/h3-4,6H,1-2H3,(H,10,11). The van der Waals surface area contributed by atoms with Crippen molar-refractivity contribution in [3.05, 3.63) is 16.6 Å². The van der Waals surface area contributed by atoms with Gasteiger partial charge in [0, 0.05) is 6.20 Å². The highest BCUT2D eigenvalue weighted by Crippen LogP contribution is 2.21. The van der Waals surface area contributed by atoms with E-state index in [0.717, 1.165) is 4.88 Å². The van der Waals surface area contributed by atoms with Gasteiger partial charge in [-0.15, -0.1) is 11.3 Å². The van der Waals surface area contributed by atoms with Crippen LogP contribution in [0.4, 0.5) is 0 Å². The van der Waals surface area contributed by atoms with Crippen molar-refractivity contribution in [2.75, 3.05) is 14.1 Å². The predicted molar refractivity (Wildman–Crippen MR) is 46.2 cm³/mol. The molecule has 0 aliphatic rings. The van der Waals surface area contributed by atoms with Crippen LogP contribution in [0.5, 0.6) is 0 Å². The van der Waals surface area contributed by atoms with Crippen molar-refractivity contribution in [2.45, 2.75) is 6.04 Å². The summed E-state index contributed by atoms with van der Waals surface area (Å²) in [6.07, 6.45) is 1.59. The number of carboxylic acid groups (broad SMARTS) is 1. The summed E-state index contributed by atoms with van der Waals surface area (Å²) in [7, 11) is 3.47. The zero-order chi connectivity index (χ0) is 9.14. The molecule has 0 aliphatic carbocycles. The molecule has 0 bridgehead atoms. The number of aromatic nitrogens is 1. The van der Waals surface area contributed by atoms with E-state index in [9.17, 15) is 4.79 Å². The van der Waals surface area contributed by atoms with Crippen LogP contribution in [0.25, 0.3) is 0 Å². The number of nitrogens with zero attached hydrogens (tertiary/aromatic N) is 2. The van der Waals surface area contributed by atoms with E-state index in [1.54, 1.807) is 30.7 Å². The lowest BCUT2D eigenvalue weighted by atomic mass is 10.2. The van der Waals surface area contributed by atoms with Crippen molar-refractivity contribution < 1.29 is 9.90 Å².